The summed E-state index contributed by atoms with van der Waals surface area (Å²) in [6.45, 7) is 7.60. The van der Waals surface area contributed by atoms with Crippen molar-refractivity contribution in [2.75, 3.05) is 5.73 Å². The van der Waals surface area contributed by atoms with Crippen LogP contribution in [0.5, 0.6) is 0 Å². The molecule has 1 aromatic heterocycles. The Kier molecular flexibility index (Phi) is 1.92. The number of anilines is 1. The fourth-order valence-electron chi connectivity index (χ4n) is 1.35. The molecule has 1 aliphatic heterocycles. The minimum atomic E-state index is -0.810. The predicted octanol–water partition coefficient (Wildman–Crippen LogP) is 0.358. The zero-order valence-corrected chi connectivity index (χ0v) is 9.87. The van der Waals surface area contributed by atoms with Gasteiger partial charge in [-0.2, -0.15) is 0 Å². The molecule has 0 spiro atoms. The Balaban J connectivity index is 2.42. The third-order valence-electron chi connectivity index (χ3n) is 3.07. The van der Waals surface area contributed by atoms with Gasteiger partial charge >= 0.3 is 7.12 Å². The number of hydrogen-bond acceptors (Lipinski definition) is 5. The van der Waals surface area contributed by atoms with E-state index in [9.17, 15) is 0 Å². The van der Waals surface area contributed by atoms with Gasteiger partial charge in [-0.25, -0.2) is 9.97 Å². The maximum atomic E-state index is 7.76. The normalized spacial score (nSPS) is 24.1. The van der Waals surface area contributed by atoms with Crippen LogP contribution in [0.3, 0.4) is 0 Å². The van der Waals surface area contributed by atoms with Gasteiger partial charge in [0.25, 0.3) is 0 Å². The molecule has 0 saturated carbocycles. The van der Waals surface area contributed by atoms with Crippen molar-refractivity contribution in [3.05, 3.63) is 12.3 Å². The lowest BCUT2D eigenvalue weighted by Gasteiger charge is -2.32. The second-order valence-electron chi connectivity index (χ2n) is 4.81. The van der Waals surface area contributed by atoms with E-state index in [1.54, 1.807) is 0 Å². The minimum Gasteiger partial charge on any atom is -0.399 e. The molecule has 86 valence electrons. The molecule has 0 aliphatic carbocycles. The quantitative estimate of drug-likeness (QED) is 0.696. The van der Waals surface area contributed by atoms with E-state index >= 15 is 0 Å². The molecule has 1 saturated heterocycles. The second kappa shape index (κ2) is 3.43. The lowest BCUT2D eigenvalue weighted by atomic mass is 9.81. The van der Waals surface area contributed by atoms with Gasteiger partial charge < -0.3 is 15.0 Å². The number of aromatic nitrogens is 2. The summed E-state index contributed by atoms with van der Waals surface area (Å²) in [6.07, 6.45) is -0.267. The number of rotatable bonds is 1. The van der Waals surface area contributed by atoms with E-state index in [1.165, 1.54) is 0 Å². The molecule has 2 rings (SSSR count). The Labute approximate surface area is 98.3 Å². The third kappa shape index (κ3) is 1.78. The van der Waals surface area contributed by atoms with Crippen LogP contribution >= 0.6 is 0 Å². The summed E-state index contributed by atoms with van der Waals surface area (Å²) in [7, 11) is -0.810. The average Bonchev–Trinajstić information content (AvgIpc) is 2.32. The fourth-order valence-corrected chi connectivity index (χ4v) is 1.35. The number of nitrogens with zero attached hydrogens (tertiary/aromatic N) is 2. The van der Waals surface area contributed by atoms with Gasteiger partial charge in [-0.05, 0) is 27.7 Å². The van der Waals surface area contributed by atoms with Crippen molar-refractivity contribution in [1.82, 2.24) is 9.97 Å². The van der Waals surface area contributed by atoms with Gasteiger partial charge in [-0.15, -0.1) is 0 Å². The summed E-state index contributed by atoms with van der Waals surface area (Å²) in [5, 5.41) is 0. The average molecular weight is 223 g/mol. The van der Waals surface area contributed by atoms with Crippen molar-refractivity contribution >= 4 is 18.5 Å². The van der Waals surface area contributed by atoms with Crippen LogP contribution < -0.4 is 11.2 Å². The van der Waals surface area contributed by atoms with E-state index in [1.807, 2.05) is 27.7 Å². The molecule has 5 nitrogen and oxygen atoms in total. The zero-order valence-electron chi connectivity index (χ0n) is 11.9. The van der Waals surface area contributed by atoms with Crippen LogP contribution in [-0.2, 0) is 9.31 Å². The molecule has 1 aliphatic rings. The molecular formula is C10H16BN3O2. The van der Waals surface area contributed by atoms with Gasteiger partial charge in [-0.1, -0.05) is 0 Å². The Bertz CT molecular complexity index is 457. The summed E-state index contributed by atoms with van der Waals surface area (Å²) in [6, 6.07) is 0. The summed E-state index contributed by atoms with van der Waals surface area (Å²) >= 11 is 0. The van der Waals surface area contributed by atoms with Crippen LogP contribution in [0.1, 0.15) is 30.4 Å². The smallest absolute Gasteiger partial charge is 0.399 e. The SMILES string of the molecule is [2H]c1nc(N)nc([2H])c1B1OC(C)(C)C(C)(C)O1. The van der Waals surface area contributed by atoms with Crippen molar-refractivity contribution in [3.8, 4) is 0 Å². The van der Waals surface area contributed by atoms with Gasteiger partial charge in [0.05, 0.1) is 13.9 Å². The molecule has 0 atom stereocenters. The van der Waals surface area contributed by atoms with Crippen LogP contribution in [0.15, 0.2) is 12.3 Å². The first-order valence-corrected chi connectivity index (χ1v) is 5.10. The fraction of sp³-hybridized carbons (Fsp3) is 0.600. The van der Waals surface area contributed by atoms with Crippen molar-refractivity contribution in [2.45, 2.75) is 38.9 Å². The van der Waals surface area contributed by atoms with Crippen LogP contribution in [-0.4, -0.2) is 28.3 Å². The monoisotopic (exact) mass is 223 g/mol. The Morgan fingerprint density at radius 2 is 1.62 bits per heavy atom. The maximum Gasteiger partial charge on any atom is 0.498 e. The lowest BCUT2D eigenvalue weighted by molar-refractivity contribution is 0.00578. The molecular weight excluding hydrogens is 205 g/mol. The highest BCUT2D eigenvalue weighted by molar-refractivity contribution is 6.61. The van der Waals surface area contributed by atoms with Crippen molar-refractivity contribution in [1.29, 1.82) is 0 Å². The summed E-state index contributed by atoms with van der Waals surface area (Å²) in [5.41, 5.74) is 4.54. The van der Waals surface area contributed by atoms with E-state index in [0.29, 0.717) is 0 Å². The standard InChI is InChI=1S/C10H16BN3O2/c1-9(2)10(3,4)16-11(15-9)7-5-13-8(12)14-6-7/h5-6H,1-4H3,(H2,12,13,14)/i5D,6D. The lowest BCUT2D eigenvalue weighted by Crippen LogP contribution is -2.41. The third-order valence-corrected chi connectivity index (χ3v) is 3.07. The summed E-state index contributed by atoms with van der Waals surface area (Å²) in [4.78, 5) is 7.46. The van der Waals surface area contributed by atoms with Crippen LogP contribution in [0.2, 0.25) is 0 Å². The van der Waals surface area contributed by atoms with Crippen LogP contribution in [0.25, 0.3) is 0 Å². The molecule has 0 bridgehead atoms. The highest BCUT2D eigenvalue weighted by Gasteiger charge is 2.51. The first-order valence-electron chi connectivity index (χ1n) is 6.10. The van der Waals surface area contributed by atoms with E-state index in [2.05, 4.69) is 9.97 Å². The molecule has 0 amide bonds. The molecule has 0 aromatic carbocycles. The Morgan fingerprint density at radius 1 is 1.19 bits per heavy atom. The van der Waals surface area contributed by atoms with Gasteiger partial charge in [0.2, 0.25) is 5.95 Å². The summed E-state index contributed by atoms with van der Waals surface area (Å²) in [5.74, 6) is -0.0923. The topological polar surface area (TPSA) is 70.3 Å². The van der Waals surface area contributed by atoms with Gasteiger partial charge in [0, 0.05) is 17.8 Å². The van der Waals surface area contributed by atoms with Crippen molar-refractivity contribution in [3.63, 3.8) is 0 Å². The maximum absolute atomic E-state index is 7.76. The van der Waals surface area contributed by atoms with E-state index in [-0.39, 0.29) is 23.8 Å². The highest BCUT2D eigenvalue weighted by Crippen LogP contribution is 2.36. The van der Waals surface area contributed by atoms with Crippen molar-refractivity contribution in [2.24, 2.45) is 0 Å². The van der Waals surface area contributed by atoms with E-state index in [4.69, 9.17) is 17.8 Å². The number of hydrogen-bond donors (Lipinski definition) is 1. The van der Waals surface area contributed by atoms with Gasteiger partial charge in [0.1, 0.15) is 0 Å². The zero-order chi connectivity index (χ0) is 13.7. The molecule has 0 radical (unpaired) electrons. The largest absolute Gasteiger partial charge is 0.498 e. The number of nitrogens with two attached hydrogens (primary N) is 1. The number of nitrogen functional groups attached to an aromatic ring is 1. The molecule has 0 unspecified atom stereocenters. The first-order chi connectivity index (χ1) is 8.14. The highest BCUT2D eigenvalue weighted by atomic mass is 16.7. The molecule has 1 aromatic rings. The molecule has 2 N–H and O–H groups in total. The van der Waals surface area contributed by atoms with E-state index < -0.39 is 18.3 Å². The molecule has 1 fully saturated rings. The Morgan fingerprint density at radius 3 is 2.06 bits per heavy atom. The van der Waals surface area contributed by atoms with Crippen molar-refractivity contribution < 1.29 is 12.1 Å². The van der Waals surface area contributed by atoms with Crippen LogP contribution in [0, 0.1) is 0 Å². The minimum absolute atomic E-state index is 0.0923. The van der Waals surface area contributed by atoms with Gasteiger partial charge in [0.15, 0.2) is 0 Å². The molecule has 16 heavy (non-hydrogen) atoms. The Hall–Kier alpha value is -1.14. The van der Waals surface area contributed by atoms with Crippen LogP contribution in [0.4, 0.5) is 5.95 Å². The predicted molar refractivity (Wildman–Crippen MR) is 62.2 cm³/mol. The summed E-state index contributed by atoms with van der Waals surface area (Å²) < 4.78 is 27.1. The van der Waals surface area contributed by atoms with E-state index in [0.717, 1.165) is 0 Å². The first kappa shape index (κ1) is 8.95. The van der Waals surface area contributed by atoms with Gasteiger partial charge in [-0.3, -0.25) is 0 Å². The molecule has 6 heteroatoms. The molecule has 2 heterocycles. The second-order valence-corrected chi connectivity index (χ2v) is 4.81.